The van der Waals surface area contributed by atoms with Crippen molar-refractivity contribution in [3.63, 3.8) is 0 Å². The number of hydrogen-bond acceptors (Lipinski definition) is 0. The molecule has 0 spiro atoms. The fraction of sp³-hybridized carbons (Fsp3) is 0.900. The lowest BCUT2D eigenvalue weighted by Crippen LogP contribution is -2.25. The van der Waals surface area contributed by atoms with Crippen molar-refractivity contribution in [2.45, 2.75) is 84.0 Å². The highest BCUT2D eigenvalue weighted by atomic mass is 19.1. The summed E-state index contributed by atoms with van der Waals surface area (Å²) in [6.45, 7) is 2.16. The van der Waals surface area contributed by atoms with Crippen LogP contribution in [0.15, 0.2) is 12.2 Å². The second kappa shape index (κ2) is 9.64. The number of hydrogen-bond donors (Lipinski definition) is 0. The van der Waals surface area contributed by atoms with E-state index in [4.69, 9.17) is 0 Å². The molecule has 0 aromatic rings. The molecule has 0 nitrogen and oxygen atoms in total. The summed E-state index contributed by atoms with van der Waals surface area (Å²) in [6.07, 6.45) is 20.7. The molecule has 0 heterocycles. The van der Waals surface area contributed by atoms with E-state index in [1.54, 1.807) is 0 Å². The molecular formula is C20H35F. The smallest absolute Gasteiger partial charge is 0.0897 e. The van der Waals surface area contributed by atoms with Gasteiger partial charge in [0, 0.05) is 0 Å². The fourth-order valence-corrected chi connectivity index (χ4v) is 4.65. The number of rotatable bonds is 7. The van der Waals surface area contributed by atoms with E-state index < -0.39 is 0 Å². The van der Waals surface area contributed by atoms with Crippen LogP contribution in [0.2, 0.25) is 0 Å². The third kappa shape index (κ3) is 5.75. The van der Waals surface area contributed by atoms with Crippen molar-refractivity contribution in [2.75, 3.05) is 6.67 Å². The Balaban J connectivity index is 1.64. The quantitative estimate of drug-likeness (QED) is 0.362. The zero-order chi connectivity index (χ0) is 14.9. The van der Waals surface area contributed by atoms with Crippen LogP contribution < -0.4 is 0 Å². The van der Waals surface area contributed by atoms with E-state index in [-0.39, 0.29) is 6.67 Å². The molecule has 0 saturated heterocycles. The SMILES string of the molecule is CCC[C@H]1CC[C@H]([C@H]2CC[C@H](C=CCCCF)CC2)CC1. The Morgan fingerprint density at radius 2 is 1.52 bits per heavy atom. The average Bonchev–Trinajstić information content (AvgIpc) is 2.53. The van der Waals surface area contributed by atoms with Crippen molar-refractivity contribution in [1.82, 2.24) is 0 Å². The molecule has 2 saturated carbocycles. The maximum atomic E-state index is 12.1. The summed E-state index contributed by atoms with van der Waals surface area (Å²) in [5, 5.41) is 0. The highest BCUT2D eigenvalue weighted by Gasteiger charge is 2.29. The fourth-order valence-electron chi connectivity index (χ4n) is 4.65. The van der Waals surface area contributed by atoms with Gasteiger partial charge in [-0.15, -0.1) is 0 Å². The molecule has 0 aromatic carbocycles. The van der Waals surface area contributed by atoms with Gasteiger partial charge in [0.25, 0.3) is 0 Å². The Hall–Kier alpha value is -0.330. The van der Waals surface area contributed by atoms with Crippen LogP contribution in [0.3, 0.4) is 0 Å². The third-order valence-corrected chi connectivity index (χ3v) is 5.98. The zero-order valence-electron chi connectivity index (χ0n) is 14.0. The zero-order valence-corrected chi connectivity index (χ0v) is 14.0. The molecule has 0 atom stereocenters. The molecule has 0 aliphatic heterocycles. The molecular weight excluding hydrogens is 259 g/mol. The predicted molar refractivity (Wildman–Crippen MR) is 90.2 cm³/mol. The maximum absolute atomic E-state index is 12.1. The van der Waals surface area contributed by atoms with Crippen LogP contribution in [0.25, 0.3) is 0 Å². The van der Waals surface area contributed by atoms with E-state index in [2.05, 4.69) is 19.1 Å². The van der Waals surface area contributed by atoms with E-state index >= 15 is 0 Å². The van der Waals surface area contributed by atoms with Gasteiger partial charge in [-0.1, -0.05) is 44.8 Å². The van der Waals surface area contributed by atoms with E-state index in [1.807, 2.05) is 0 Å². The van der Waals surface area contributed by atoms with Crippen LogP contribution in [0.1, 0.15) is 84.0 Å². The van der Waals surface area contributed by atoms with E-state index in [9.17, 15) is 4.39 Å². The van der Waals surface area contributed by atoms with Gasteiger partial charge in [-0.25, -0.2) is 0 Å². The van der Waals surface area contributed by atoms with Crippen LogP contribution >= 0.6 is 0 Å². The molecule has 0 N–H and O–H groups in total. The highest BCUT2D eigenvalue weighted by Crippen LogP contribution is 2.42. The Morgan fingerprint density at radius 3 is 2.10 bits per heavy atom. The summed E-state index contributed by atoms with van der Waals surface area (Å²) in [5.74, 6) is 3.89. The van der Waals surface area contributed by atoms with E-state index in [0.717, 1.165) is 30.1 Å². The lowest BCUT2D eigenvalue weighted by Gasteiger charge is -2.37. The predicted octanol–water partition coefficient (Wildman–Crippen LogP) is 6.71. The van der Waals surface area contributed by atoms with E-state index in [0.29, 0.717) is 6.42 Å². The second-order valence-corrected chi connectivity index (χ2v) is 7.50. The van der Waals surface area contributed by atoms with Gasteiger partial charge in [-0.05, 0) is 75.0 Å². The summed E-state index contributed by atoms with van der Waals surface area (Å²) < 4.78 is 12.1. The summed E-state index contributed by atoms with van der Waals surface area (Å²) in [7, 11) is 0. The van der Waals surface area contributed by atoms with Crippen molar-refractivity contribution in [1.29, 1.82) is 0 Å². The van der Waals surface area contributed by atoms with Gasteiger partial charge >= 0.3 is 0 Å². The Labute approximate surface area is 131 Å². The van der Waals surface area contributed by atoms with Crippen molar-refractivity contribution < 1.29 is 4.39 Å². The number of halogens is 1. The van der Waals surface area contributed by atoms with Crippen LogP contribution in [0, 0.1) is 23.7 Å². The summed E-state index contributed by atoms with van der Waals surface area (Å²) in [5.41, 5.74) is 0. The van der Waals surface area contributed by atoms with E-state index in [1.165, 1.54) is 64.2 Å². The van der Waals surface area contributed by atoms with Gasteiger partial charge in [0.2, 0.25) is 0 Å². The van der Waals surface area contributed by atoms with Gasteiger partial charge in [0.15, 0.2) is 0 Å². The molecule has 0 unspecified atom stereocenters. The first kappa shape index (κ1) is 17.0. The van der Waals surface area contributed by atoms with Crippen molar-refractivity contribution in [3.05, 3.63) is 12.2 Å². The minimum Gasteiger partial charge on any atom is -0.251 e. The molecule has 0 bridgehead atoms. The topological polar surface area (TPSA) is 0 Å². The van der Waals surface area contributed by atoms with Crippen molar-refractivity contribution in [3.8, 4) is 0 Å². The highest BCUT2D eigenvalue weighted by molar-refractivity contribution is 4.92. The van der Waals surface area contributed by atoms with Crippen LogP contribution in [-0.4, -0.2) is 6.67 Å². The number of unbranched alkanes of at least 4 members (excludes halogenated alkanes) is 1. The molecule has 2 fully saturated rings. The second-order valence-electron chi connectivity index (χ2n) is 7.50. The molecule has 1 heteroatoms. The molecule has 2 aliphatic rings. The molecule has 2 rings (SSSR count). The Kier molecular flexibility index (Phi) is 7.82. The van der Waals surface area contributed by atoms with Gasteiger partial charge in [0.1, 0.15) is 0 Å². The first-order valence-electron chi connectivity index (χ1n) is 9.56. The number of allylic oxidation sites excluding steroid dienone is 2. The third-order valence-electron chi connectivity index (χ3n) is 5.98. The van der Waals surface area contributed by atoms with Crippen molar-refractivity contribution in [2.24, 2.45) is 23.7 Å². The lowest BCUT2D eigenvalue weighted by atomic mass is 9.68. The van der Waals surface area contributed by atoms with Crippen LogP contribution in [0.4, 0.5) is 4.39 Å². The minimum atomic E-state index is -0.169. The molecule has 122 valence electrons. The average molecular weight is 294 g/mol. The summed E-state index contributed by atoms with van der Waals surface area (Å²) >= 11 is 0. The lowest BCUT2D eigenvalue weighted by molar-refractivity contribution is 0.152. The van der Waals surface area contributed by atoms with Crippen LogP contribution in [0.5, 0.6) is 0 Å². The first-order chi connectivity index (χ1) is 10.3. The minimum absolute atomic E-state index is 0.169. The first-order valence-corrected chi connectivity index (χ1v) is 9.56. The molecule has 0 radical (unpaired) electrons. The van der Waals surface area contributed by atoms with Crippen LogP contribution in [-0.2, 0) is 0 Å². The molecule has 2 aliphatic carbocycles. The number of alkyl halides is 1. The Morgan fingerprint density at radius 1 is 0.905 bits per heavy atom. The monoisotopic (exact) mass is 294 g/mol. The van der Waals surface area contributed by atoms with Crippen molar-refractivity contribution >= 4 is 0 Å². The molecule has 21 heavy (non-hydrogen) atoms. The van der Waals surface area contributed by atoms with Gasteiger partial charge in [-0.2, -0.15) is 0 Å². The summed E-state index contributed by atoms with van der Waals surface area (Å²) in [6, 6.07) is 0. The molecule has 0 amide bonds. The maximum Gasteiger partial charge on any atom is 0.0897 e. The Bertz CT molecular complexity index is 280. The largest absolute Gasteiger partial charge is 0.251 e. The van der Waals surface area contributed by atoms with Gasteiger partial charge in [0.05, 0.1) is 6.67 Å². The summed E-state index contributed by atoms with van der Waals surface area (Å²) in [4.78, 5) is 0. The standard InChI is InChI=1S/C20H35F/c1-2-6-17-8-12-19(13-9-17)20-14-10-18(11-15-20)7-4-3-5-16-21/h4,7,17-20H,2-3,5-6,8-16H2,1H3/t17-,18-,19-,20-. The van der Waals surface area contributed by atoms with Gasteiger partial charge in [-0.3, -0.25) is 4.39 Å². The molecule has 0 aromatic heterocycles. The van der Waals surface area contributed by atoms with Gasteiger partial charge < -0.3 is 0 Å². The normalized spacial score (nSPS) is 34.4.